The van der Waals surface area contributed by atoms with Gasteiger partial charge in [-0.15, -0.1) is 0 Å². The number of rotatable bonds is 6. The summed E-state index contributed by atoms with van der Waals surface area (Å²) in [6, 6.07) is 11.2. The minimum atomic E-state index is -2.54. The standard InChI is InChI=1S/C21H20BrFO4S/c1-21(2)19(18(20(24)27-21)13-5-7-17(23)8-6-13)15-3-4-16(12-28(25)26)14(11-15)9-10-22/h3-8,11,28H,9-10,12H2,1-2H3. The summed E-state index contributed by atoms with van der Waals surface area (Å²) in [5, 5.41) is 0.682. The molecule has 3 rings (SSSR count). The predicted molar refractivity (Wildman–Crippen MR) is 111 cm³/mol. The van der Waals surface area contributed by atoms with Crippen molar-refractivity contribution < 1.29 is 22.3 Å². The summed E-state index contributed by atoms with van der Waals surface area (Å²) in [5.74, 6) is -0.867. The molecule has 28 heavy (non-hydrogen) atoms. The molecule has 1 heterocycles. The number of benzene rings is 2. The maximum Gasteiger partial charge on any atom is 0.340 e. The van der Waals surface area contributed by atoms with Crippen LogP contribution in [0, 0.1) is 5.82 Å². The van der Waals surface area contributed by atoms with Crippen LogP contribution in [0.15, 0.2) is 42.5 Å². The van der Waals surface area contributed by atoms with Crippen LogP contribution < -0.4 is 0 Å². The molecule has 0 fully saturated rings. The number of ether oxygens (including phenoxy) is 1. The van der Waals surface area contributed by atoms with Crippen molar-refractivity contribution in [1.82, 2.24) is 0 Å². The molecule has 7 heteroatoms. The van der Waals surface area contributed by atoms with E-state index in [9.17, 15) is 17.6 Å². The first-order valence-corrected chi connectivity index (χ1v) is 11.3. The second-order valence-electron chi connectivity index (χ2n) is 7.07. The zero-order valence-electron chi connectivity index (χ0n) is 15.5. The van der Waals surface area contributed by atoms with Crippen LogP contribution >= 0.6 is 15.9 Å². The van der Waals surface area contributed by atoms with Crippen LogP contribution in [0.1, 0.15) is 36.1 Å². The SMILES string of the molecule is CC1(C)OC(=O)C(c2ccc(F)cc2)=C1c1ccc(C[SH](=O)=O)c(CCBr)c1. The smallest absolute Gasteiger partial charge is 0.340 e. The second kappa shape index (κ2) is 8.17. The molecule has 1 aliphatic rings. The molecule has 1 aliphatic heterocycles. The lowest BCUT2D eigenvalue weighted by Gasteiger charge is -2.22. The topological polar surface area (TPSA) is 60.4 Å². The van der Waals surface area contributed by atoms with Crippen LogP contribution in [0.2, 0.25) is 0 Å². The number of cyclic esters (lactones) is 1. The number of halogens is 2. The highest BCUT2D eigenvalue weighted by atomic mass is 79.9. The quantitative estimate of drug-likeness (QED) is 0.395. The predicted octanol–water partition coefficient (Wildman–Crippen LogP) is 4.12. The van der Waals surface area contributed by atoms with E-state index in [1.54, 1.807) is 18.2 Å². The van der Waals surface area contributed by atoms with Gasteiger partial charge in [0.15, 0.2) is 0 Å². The van der Waals surface area contributed by atoms with Gasteiger partial charge in [-0.3, -0.25) is 0 Å². The van der Waals surface area contributed by atoms with E-state index >= 15 is 0 Å². The molecule has 0 N–H and O–H groups in total. The van der Waals surface area contributed by atoms with Gasteiger partial charge in [-0.25, -0.2) is 17.6 Å². The number of aryl methyl sites for hydroxylation is 1. The monoisotopic (exact) mass is 466 g/mol. The van der Waals surface area contributed by atoms with Crippen molar-refractivity contribution in [2.75, 3.05) is 5.33 Å². The molecule has 2 aromatic rings. The number of esters is 1. The van der Waals surface area contributed by atoms with Gasteiger partial charge in [-0.1, -0.05) is 46.3 Å². The van der Waals surface area contributed by atoms with E-state index in [4.69, 9.17) is 4.74 Å². The fourth-order valence-corrected chi connectivity index (χ4v) is 4.53. The highest BCUT2D eigenvalue weighted by Gasteiger charge is 2.41. The Kier molecular flexibility index (Phi) is 6.05. The van der Waals surface area contributed by atoms with Gasteiger partial charge in [0.2, 0.25) is 0 Å². The Morgan fingerprint density at radius 3 is 2.29 bits per heavy atom. The van der Waals surface area contributed by atoms with Crippen molar-refractivity contribution in [3.8, 4) is 0 Å². The third-order valence-electron chi connectivity index (χ3n) is 4.70. The molecule has 0 saturated heterocycles. The van der Waals surface area contributed by atoms with Crippen LogP contribution in [0.3, 0.4) is 0 Å². The Morgan fingerprint density at radius 2 is 1.68 bits per heavy atom. The molecular weight excluding hydrogens is 447 g/mol. The molecule has 0 bridgehead atoms. The Morgan fingerprint density at radius 1 is 1.04 bits per heavy atom. The average Bonchev–Trinajstić information content (AvgIpc) is 2.85. The molecule has 2 aromatic carbocycles. The van der Waals surface area contributed by atoms with Gasteiger partial charge in [0.05, 0.1) is 11.3 Å². The lowest BCUT2D eigenvalue weighted by Crippen LogP contribution is -2.22. The van der Waals surface area contributed by atoms with Gasteiger partial charge in [0.1, 0.15) is 22.1 Å². The highest BCUT2D eigenvalue weighted by molar-refractivity contribution is 9.09. The van der Waals surface area contributed by atoms with Crippen molar-refractivity contribution in [3.05, 3.63) is 70.5 Å². The summed E-state index contributed by atoms with van der Waals surface area (Å²) in [4.78, 5) is 12.6. The molecule has 0 aromatic heterocycles. The Labute approximate surface area is 173 Å². The van der Waals surface area contributed by atoms with E-state index < -0.39 is 22.3 Å². The summed E-state index contributed by atoms with van der Waals surface area (Å²) < 4.78 is 41.3. The second-order valence-corrected chi connectivity index (χ2v) is 8.84. The number of hydrogen-bond donors (Lipinski definition) is 1. The van der Waals surface area contributed by atoms with Gasteiger partial charge < -0.3 is 4.74 Å². The van der Waals surface area contributed by atoms with Crippen LogP contribution in [0.5, 0.6) is 0 Å². The number of hydrogen-bond acceptors (Lipinski definition) is 4. The molecule has 148 valence electrons. The van der Waals surface area contributed by atoms with Crippen molar-refractivity contribution in [3.63, 3.8) is 0 Å². The fraction of sp³-hybridized carbons (Fsp3) is 0.286. The maximum absolute atomic E-state index is 13.3. The van der Waals surface area contributed by atoms with Crippen LogP contribution in [0.25, 0.3) is 11.1 Å². The van der Waals surface area contributed by atoms with Crippen molar-refractivity contribution in [2.24, 2.45) is 0 Å². The average molecular weight is 467 g/mol. The first-order valence-electron chi connectivity index (χ1n) is 8.77. The van der Waals surface area contributed by atoms with E-state index in [2.05, 4.69) is 15.9 Å². The van der Waals surface area contributed by atoms with Gasteiger partial charge >= 0.3 is 5.97 Å². The number of alkyl halides is 1. The van der Waals surface area contributed by atoms with Crippen LogP contribution in [0.4, 0.5) is 4.39 Å². The molecule has 0 unspecified atom stereocenters. The van der Waals surface area contributed by atoms with E-state index in [1.165, 1.54) is 12.1 Å². The van der Waals surface area contributed by atoms with Crippen molar-refractivity contribution in [2.45, 2.75) is 31.6 Å². The minimum absolute atomic E-state index is 0.0271. The van der Waals surface area contributed by atoms with Crippen molar-refractivity contribution >= 4 is 43.7 Å². The Bertz CT molecular complexity index is 1020. The zero-order valence-corrected chi connectivity index (χ0v) is 18.0. The molecule has 0 amide bonds. The summed E-state index contributed by atoms with van der Waals surface area (Å²) >= 11 is 3.40. The minimum Gasteiger partial charge on any atom is -0.451 e. The molecule has 0 saturated carbocycles. The zero-order chi connectivity index (χ0) is 20.5. The largest absolute Gasteiger partial charge is 0.451 e. The Hall–Kier alpha value is -1.99. The molecule has 0 spiro atoms. The molecule has 0 radical (unpaired) electrons. The lowest BCUT2D eigenvalue weighted by molar-refractivity contribution is -0.141. The first kappa shape index (κ1) is 20.7. The van der Waals surface area contributed by atoms with Crippen LogP contribution in [-0.2, 0) is 32.4 Å². The van der Waals surface area contributed by atoms with Crippen LogP contribution in [-0.4, -0.2) is 25.3 Å². The first-order chi connectivity index (χ1) is 13.2. The summed E-state index contributed by atoms with van der Waals surface area (Å²) in [5.41, 5.74) is 3.26. The van der Waals surface area contributed by atoms with E-state index in [0.29, 0.717) is 28.5 Å². The van der Waals surface area contributed by atoms with Gasteiger partial charge in [-0.05, 0) is 54.7 Å². The highest BCUT2D eigenvalue weighted by Crippen LogP contribution is 2.44. The molecule has 0 atom stereocenters. The maximum atomic E-state index is 13.3. The fourth-order valence-electron chi connectivity index (χ4n) is 3.52. The normalized spacial score (nSPS) is 16.0. The van der Waals surface area contributed by atoms with E-state index in [0.717, 1.165) is 16.7 Å². The summed E-state index contributed by atoms with van der Waals surface area (Å²) in [6.07, 6.45) is 0.654. The Balaban J connectivity index is 2.20. The van der Waals surface area contributed by atoms with Gasteiger partial charge in [0.25, 0.3) is 0 Å². The van der Waals surface area contributed by atoms with E-state index in [1.807, 2.05) is 26.0 Å². The summed E-state index contributed by atoms with van der Waals surface area (Å²) in [6.45, 7) is 3.62. The third-order valence-corrected chi connectivity index (χ3v) is 5.69. The third kappa shape index (κ3) is 4.20. The van der Waals surface area contributed by atoms with E-state index in [-0.39, 0.29) is 11.6 Å². The van der Waals surface area contributed by atoms with Gasteiger partial charge in [-0.2, -0.15) is 0 Å². The molecule has 4 nitrogen and oxygen atoms in total. The molecular formula is C21H20BrFO4S. The number of carbonyl (C=O) groups excluding carboxylic acids is 1. The summed E-state index contributed by atoms with van der Waals surface area (Å²) in [7, 11) is -2.54. The number of carbonyl (C=O) groups is 1. The molecule has 0 aliphatic carbocycles. The number of thiol groups is 1. The van der Waals surface area contributed by atoms with Crippen molar-refractivity contribution in [1.29, 1.82) is 0 Å². The van der Waals surface area contributed by atoms with Gasteiger partial charge in [0, 0.05) is 10.9 Å². The lowest BCUT2D eigenvalue weighted by atomic mass is 9.85.